The van der Waals surface area contributed by atoms with Gasteiger partial charge in [-0.25, -0.2) is 0 Å². The largest absolute Gasteiger partial charge is 0.489 e. The van der Waals surface area contributed by atoms with Crippen molar-refractivity contribution in [2.75, 3.05) is 0 Å². The van der Waals surface area contributed by atoms with Crippen LogP contribution in [0.3, 0.4) is 0 Å². The highest BCUT2D eigenvalue weighted by molar-refractivity contribution is 14.1. The van der Waals surface area contributed by atoms with Gasteiger partial charge in [-0.2, -0.15) is 0 Å². The van der Waals surface area contributed by atoms with Gasteiger partial charge >= 0.3 is 0 Å². The first kappa shape index (κ1) is 17.7. The van der Waals surface area contributed by atoms with Gasteiger partial charge in [0.1, 0.15) is 12.4 Å². The summed E-state index contributed by atoms with van der Waals surface area (Å²) >= 11 is 2.33. The van der Waals surface area contributed by atoms with E-state index in [2.05, 4.69) is 120 Å². The van der Waals surface area contributed by atoms with Gasteiger partial charge in [-0.05, 0) is 76.7 Å². The van der Waals surface area contributed by atoms with Crippen LogP contribution in [0.25, 0.3) is 25.1 Å². The average Bonchev–Trinajstić information content (AvgIpc) is 3.07. The highest BCUT2D eigenvalue weighted by Gasteiger charge is 2.22. The molecule has 0 aliphatic heterocycles. The first-order valence-corrected chi connectivity index (χ1v) is 11.5. The molecule has 0 spiro atoms. The quantitative estimate of drug-likeness (QED) is 0.183. The molecule has 0 fully saturated rings. The Morgan fingerprint density at radius 3 is 1.96 bits per heavy atom. The minimum atomic E-state index is -0.0484. The summed E-state index contributed by atoms with van der Waals surface area (Å²) in [4.78, 5) is 1.33. The van der Waals surface area contributed by atoms with E-state index in [1.165, 1.54) is 34.2 Å². The van der Waals surface area contributed by atoms with Crippen LogP contribution in [0.2, 0.25) is 0 Å². The second-order valence-electron chi connectivity index (χ2n) is 6.69. The van der Waals surface area contributed by atoms with Gasteiger partial charge in [-0.1, -0.05) is 36.4 Å². The van der Waals surface area contributed by atoms with Gasteiger partial charge in [0.05, 0.1) is 0 Å². The van der Waals surface area contributed by atoms with E-state index in [0.29, 0.717) is 6.61 Å². The number of rotatable bonds is 4. The maximum atomic E-state index is 6.00. The van der Waals surface area contributed by atoms with Crippen molar-refractivity contribution >= 4 is 53.2 Å². The fourth-order valence-corrected chi connectivity index (χ4v) is 6.56. The Bertz CT molecular complexity index is 1220. The molecule has 0 saturated carbocycles. The molecule has 1 heterocycles. The number of hydrogen-bond acceptors (Lipinski definition) is 1. The molecule has 4 aromatic carbocycles. The van der Waals surface area contributed by atoms with Crippen molar-refractivity contribution in [2.24, 2.45) is 0 Å². The van der Waals surface area contributed by atoms with Crippen LogP contribution >= 0.6 is 33.1 Å². The van der Waals surface area contributed by atoms with Crippen LogP contribution in [0, 0.1) is 3.57 Å². The maximum absolute atomic E-state index is 6.00. The minimum Gasteiger partial charge on any atom is -0.489 e. The summed E-state index contributed by atoms with van der Waals surface area (Å²) in [6.45, 7) is 0.591. The predicted octanol–water partition coefficient (Wildman–Crippen LogP) is 7.91. The van der Waals surface area contributed by atoms with E-state index < -0.39 is 0 Å². The zero-order valence-electron chi connectivity index (χ0n) is 15.1. The summed E-state index contributed by atoms with van der Waals surface area (Å²) in [5.41, 5.74) is 1.19. The zero-order chi connectivity index (χ0) is 18.9. The summed E-state index contributed by atoms with van der Waals surface area (Å²) in [5, 5.41) is 2.72. The molecule has 0 amide bonds. The van der Waals surface area contributed by atoms with E-state index in [-0.39, 0.29) is 10.5 Å². The lowest BCUT2D eigenvalue weighted by molar-refractivity contribution is 0.306. The van der Waals surface area contributed by atoms with Crippen LogP contribution in [0.5, 0.6) is 5.75 Å². The Morgan fingerprint density at radius 2 is 1.32 bits per heavy atom. The van der Waals surface area contributed by atoms with Crippen molar-refractivity contribution in [3.05, 3.63) is 106 Å². The number of fused-ring (bicyclic) bond motifs is 3. The molecular formula is C25H18IOS+. The van der Waals surface area contributed by atoms with Crippen LogP contribution in [0.15, 0.2) is 97.1 Å². The van der Waals surface area contributed by atoms with Crippen molar-refractivity contribution in [1.29, 1.82) is 0 Å². The standard InChI is InChI=1S/C25H18IOS/c26-19-7-5-6-18(16-19)17-27-20-12-14-21(15-13-20)28-24-10-3-1-8-22(24)23-9-2-4-11-25(23)28/h1-16H,17H2/q+1. The number of thiophene rings is 1. The zero-order valence-corrected chi connectivity index (χ0v) is 18.1. The Morgan fingerprint density at radius 1 is 0.679 bits per heavy atom. The van der Waals surface area contributed by atoms with Gasteiger partial charge < -0.3 is 4.74 Å². The second kappa shape index (κ2) is 7.57. The summed E-state index contributed by atoms with van der Waals surface area (Å²) < 4.78 is 10.1. The summed E-state index contributed by atoms with van der Waals surface area (Å²) in [7, 11) is -0.0484. The monoisotopic (exact) mass is 493 g/mol. The summed E-state index contributed by atoms with van der Waals surface area (Å²) in [6.07, 6.45) is 0. The molecule has 0 atom stereocenters. The lowest BCUT2D eigenvalue weighted by Crippen LogP contribution is -1.95. The average molecular weight is 493 g/mol. The molecule has 136 valence electrons. The molecule has 3 heteroatoms. The third-order valence-corrected chi connectivity index (χ3v) is 7.86. The van der Waals surface area contributed by atoms with Crippen LogP contribution in [-0.2, 0) is 6.61 Å². The molecule has 28 heavy (non-hydrogen) atoms. The predicted molar refractivity (Wildman–Crippen MR) is 129 cm³/mol. The van der Waals surface area contributed by atoms with E-state index in [1.807, 2.05) is 0 Å². The molecule has 0 radical (unpaired) electrons. The molecule has 0 aliphatic carbocycles. The molecule has 1 nitrogen and oxygen atoms in total. The summed E-state index contributed by atoms with van der Waals surface area (Å²) in [5.74, 6) is 0.909. The highest BCUT2D eigenvalue weighted by atomic mass is 127. The Balaban J connectivity index is 1.49. The molecule has 5 rings (SSSR count). The number of hydrogen-bond donors (Lipinski definition) is 0. The Kier molecular flexibility index (Phi) is 4.79. The van der Waals surface area contributed by atoms with E-state index in [4.69, 9.17) is 4.74 Å². The van der Waals surface area contributed by atoms with Crippen molar-refractivity contribution in [2.45, 2.75) is 6.61 Å². The molecule has 0 unspecified atom stereocenters. The van der Waals surface area contributed by atoms with Crippen molar-refractivity contribution in [3.63, 3.8) is 0 Å². The lowest BCUT2D eigenvalue weighted by atomic mass is 10.2. The number of ether oxygens (including phenoxy) is 1. The van der Waals surface area contributed by atoms with Gasteiger partial charge in [0.15, 0.2) is 14.3 Å². The van der Waals surface area contributed by atoms with E-state index in [1.54, 1.807) is 0 Å². The normalized spacial score (nSPS) is 11.2. The third kappa shape index (κ3) is 3.29. The molecule has 0 saturated heterocycles. The Labute approximate surface area is 180 Å². The molecular weight excluding hydrogens is 475 g/mol. The SMILES string of the molecule is Ic1cccc(COc2ccc(-[s+]3c4ccccc4c4ccccc43)cc2)c1. The number of halogens is 1. The van der Waals surface area contributed by atoms with Gasteiger partial charge in [-0.15, -0.1) is 0 Å². The summed E-state index contributed by atoms with van der Waals surface area (Å²) in [6, 6.07) is 34.6. The van der Waals surface area contributed by atoms with Crippen molar-refractivity contribution < 1.29 is 4.74 Å². The van der Waals surface area contributed by atoms with Gasteiger partial charge in [0, 0.05) is 36.9 Å². The first-order valence-electron chi connectivity index (χ1n) is 9.20. The molecule has 0 bridgehead atoms. The first-order chi connectivity index (χ1) is 13.8. The molecule has 0 aliphatic rings. The van der Waals surface area contributed by atoms with Gasteiger partial charge in [0.25, 0.3) is 0 Å². The van der Waals surface area contributed by atoms with Crippen molar-refractivity contribution in [3.8, 4) is 10.6 Å². The van der Waals surface area contributed by atoms with Gasteiger partial charge in [0.2, 0.25) is 0 Å². The molecule has 1 aromatic heterocycles. The van der Waals surface area contributed by atoms with Crippen LogP contribution < -0.4 is 4.74 Å². The van der Waals surface area contributed by atoms with E-state index >= 15 is 0 Å². The topological polar surface area (TPSA) is 9.23 Å². The third-order valence-electron chi connectivity index (χ3n) is 4.86. The van der Waals surface area contributed by atoms with Crippen molar-refractivity contribution in [1.82, 2.24) is 0 Å². The fourth-order valence-electron chi connectivity index (χ4n) is 3.57. The molecule has 5 aromatic rings. The minimum absolute atomic E-state index is 0.0484. The highest BCUT2D eigenvalue weighted by Crippen LogP contribution is 2.48. The van der Waals surface area contributed by atoms with Crippen LogP contribution in [0.1, 0.15) is 5.56 Å². The second-order valence-corrected chi connectivity index (χ2v) is 9.90. The maximum Gasteiger partial charge on any atom is 0.187 e. The van der Waals surface area contributed by atoms with Gasteiger partial charge in [-0.3, -0.25) is 0 Å². The fraction of sp³-hybridized carbons (Fsp3) is 0.0400. The molecule has 0 N–H and O–H groups in total. The number of benzene rings is 4. The van der Waals surface area contributed by atoms with E-state index in [0.717, 1.165) is 5.75 Å². The smallest absolute Gasteiger partial charge is 0.187 e. The van der Waals surface area contributed by atoms with Crippen LogP contribution in [0.4, 0.5) is 0 Å². The Hall–Kier alpha value is -2.37. The van der Waals surface area contributed by atoms with E-state index in [9.17, 15) is 0 Å². The lowest BCUT2D eigenvalue weighted by Gasteiger charge is -2.06. The van der Waals surface area contributed by atoms with Crippen LogP contribution in [-0.4, -0.2) is 0 Å².